The maximum absolute atomic E-state index is 12.8. The summed E-state index contributed by atoms with van der Waals surface area (Å²) in [4.78, 5) is 12.8. The Hall–Kier alpha value is -1.07. The van der Waals surface area contributed by atoms with Gasteiger partial charge < -0.3 is 39.4 Å². The van der Waals surface area contributed by atoms with Gasteiger partial charge in [0.1, 0.15) is 30.5 Å². The van der Waals surface area contributed by atoms with E-state index in [1.165, 1.54) is 186 Å². The van der Waals surface area contributed by atoms with Crippen molar-refractivity contribution < 1.29 is 44.2 Å². The second-order valence-electron chi connectivity index (χ2n) is 17.6. The average Bonchev–Trinajstić information content (AvgIpc) is 3.24. The molecule has 0 aromatic carbocycles. The lowest BCUT2D eigenvalue weighted by molar-refractivity contribution is -0.305. The van der Waals surface area contributed by atoms with E-state index in [9.17, 15) is 25.2 Å². The topological polar surface area (TPSA) is 135 Å². The Morgan fingerprint density at radius 3 is 1.37 bits per heavy atom. The van der Waals surface area contributed by atoms with E-state index < -0.39 is 43.4 Å². The second kappa shape index (κ2) is 42.2. The van der Waals surface area contributed by atoms with Crippen LogP contribution in [-0.4, -0.2) is 89.6 Å². The molecular formula is C50H96O9. The third-order valence-corrected chi connectivity index (χ3v) is 11.9. The zero-order valence-corrected chi connectivity index (χ0v) is 38.5. The standard InChI is InChI=1S/C50H96O9/c1-3-5-7-9-11-13-15-17-19-21-23-25-27-29-31-33-35-37-39-46(52)58-44(43-57-50-49(55)48(54)47(53)45(41-51)59-50)42-56-40-38-36-34-32-30-28-26-24-22-20-18-16-14-12-10-8-6-4-2/h19,21,44-45,47-51,53-55H,3-18,20,22-43H2,1-2H3/b21-19-. The molecule has 9 heteroatoms. The van der Waals surface area contributed by atoms with Gasteiger partial charge in [0.15, 0.2) is 6.29 Å². The summed E-state index contributed by atoms with van der Waals surface area (Å²) in [5.41, 5.74) is 0. The van der Waals surface area contributed by atoms with Crippen LogP contribution in [0.5, 0.6) is 0 Å². The Bertz CT molecular complexity index is 915. The normalized spacial score (nSPS) is 20.1. The summed E-state index contributed by atoms with van der Waals surface area (Å²) in [5.74, 6) is -0.313. The van der Waals surface area contributed by atoms with E-state index in [1.54, 1.807) is 0 Å². The van der Waals surface area contributed by atoms with Crippen molar-refractivity contribution in [3.05, 3.63) is 12.2 Å². The molecule has 0 aromatic rings. The largest absolute Gasteiger partial charge is 0.457 e. The average molecular weight is 841 g/mol. The van der Waals surface area contributed by atoms with Crippen LogP contribution in [-0.2, 0) is 23.7 Å². The lowest BCUT2D eigenvalue weighted by atomic mass is 9.99. The molecule has 1 saturated heterocycles. The Labute approximate surface area is 363 Å². The second-order valence-corrected chi connectivity index (χ2v) is 17.6. The van der Waals surface area contributed by atoms with Gasteiger partial charge in [0.05, 0.1) is 19.8 Å². The molecule has 1 aliphatic rings. The van der Waals surface area contributed by atoms with E-state index in [-0.39, 0.29) is 19.2 Å². The molecule has 6 atom stereocenters. The van der Waals surface area contributed by atoms with Gasteiger partial charge in [-0.1, -0.05) is 206 Å². The molecule has 4 N–H and O–H groups in total. The van der Waals surface area contributed by atoms with Crippen molar-refractivity contribution in [2.75, 3.05) is 26.4 Å². The summed E-state index contributed by atoms with van der Waals surface area (Å²) in [6.45, 7) is 4.60. The number of aliphatic hydroxyl groups is 4. The van der Waals surface area contributed by atoms with Crippen molar-refractivity contribution >= 4 is 5.97 Å². The van der Waals surface area contributed by atoms with Gasteiger partial charge in [0.2, 0.25) is 0 Å². The van der Waals surface area contributed by atoms with E-state index in [0.29, 0.717) is 13.0 Å². The molecule has 0 aromatic heterocycles. The molecular weight excluding hydrogens is 745 g/mol. The number of rotatable bonds is 44. The fraction of sp³-hybridized carbons (Fsp3) is 0.940. The number of hydrogen-bond donors (Lipinski definition) is 4. The van der Waals surface area contributed by atoms with E-state index >= 15 is 0 Å². The molecule has 9 nitrogen and oxygen atoms in total. The summed E-state index contributed by atoms with van der Waals surface area (Å²) < 4.78 is 22.9. The van der Waals surface area contributed by atoms with Crippen molar-refractivity contribution in [2.45, 2.75) is 275 Å². The summed E-state index contributed by atoms with van der Waals surface area (Å²) in [5, 5.41) is 40.2. The Kier molecular flexibility index (Phi) is 40.1. The Morgan fingerprint density at radius 2 is 0.932 bits per heavy atom. The summed E-state index contributed by atoms with van der Waals surface area (Å²) in [7, 11) is 0. The molecule has 350 valence electrons. The highest BCUT2D eigenvalue weighted by atomic mass is 16.7. The number of carbonyl (C=O) groups is 1. The molecule has 0 radical (unpaired) electrons. The Balaban J connectivity index is 2.20. The maximum atomic E-state index is 12.8. The van der Waals surface area contributed by atoms with Gasteiger partial charge in [-0.15, -0.1) is 0 Å². The van der Waals surface area contributed by atoms with E-state index in [1.807, 2.05) is 0 Å². The molecule has 1 fully saturated rings. The fourth-order valence-corrected chi connectivity index (χ4v) is 7.96. The van der Waals surface area contributed by atoms with Crippen LogP contribution in [0.3, 0.4) is 0 Å². The number of hydrogen-bond acceptors (Lipinski definition) is 9. The van der Waals surface area contributed by atoms with Crippen molar-refractivity contribution in [1.29, 1.82) is 0 Å². The zero-order chi connectivity index (χ0) is 42.9. The third-order valence-electron chi connectivity index (χ3n) is 11.9. The first-order valence-corrected chi connectivity index (χ1v) is 25.3. The number of unbranched alkanes of at least 4 members (excludes halogenated alkanes) is 31. The number of aliphatic hydroxyl groups excluding tert-OH is 4. The number of esters is 1. The molecule has 6 unspecified atom stereocenters. The number of carbonyl (C=O) groups excluding carboxylic acids is 1. The first-order chi connectivity index (χ1) is 28.9. The summed E-state index contributed by atoms with van der Waals surface area (Å²) in [6, 6.07) is 0. The van der Waals surface area contributed by atoms with Gasteiger partial charge in [-0.05, 0) is 38.5 Å². The summed E-state index contributed by atoms with van der Waals surface area (Å²) >= 11 is 0. The van der Waals surface area contributed by atoms with Crippen molar-refractivity contribution in [1.82, 2.24) is 0 Å². The first kappa shape index (κ1) is 55.9. The molecule has 1 aliphatic heterocycles. The van der Waals surface area contributed by atoms with Crippen LogP contribution in [0.4, 0.5) is 0 Å². The van der Waals surface area contributed by atoms with Crippen LogP contribution in [0, 0.1) is 0 Å². The maximum Gasteiger partial charge on any atom is 0.306 e. The van der Waals surface area contributed by atoms with Gasteiger partial charge in [-0.25, -0.2) is 0 Å². The minimum absolute atomic E-state index is 0.109. The molecule has 0 aliphatic carbocycles. The van der Waals surface area contributed by atoms with Crippen molar-refractivity contribution in [3.63, 3.8) is 0 Å². The predicted octanol–water partition coefficient (Wildman–Crippen LogP) is 12.0. The van der Waals surface area contributed by atoms with Gasteiger partial charge in [-0.2, -0.15) is 0 Å². The lowest BCUT2D eigenvalue weighted by Gasteiger charge is -2.39. The first-order valence-electron chi connectivity index (χ1n) is 25.3. The van der Waals surface area contributed by atoms with Crippen molar-refractivity contribution in [2.24, 2.45) is 0 Å². The van der Waals surface area contributed by atoms with Gasteiger partial charge in [-0.3, -0.25) is 4.79 Å². The highest BCUT2D eigenvalue weighted by molar-refractivity contribution is 5.69. The quantitative estimate of drug-likeness (QED) is 0.0269. The van der Waals surface area contributed by atoms with E-state index in [4.69, 9.17) is 18.9 Å². The SMILES string of the molecule is CCCCCCCCC/C=C\CCCCCCCCCC(=O)OC(COCCCCCCCCCCCCCCCCCCCC)COC1OC(CO)C(O)C(O)C1O. The third kappa shape index (κ3) is 33.2. The molecule has 0 saturated carbocycles. The molecule has 0 amide bonds. The highest BCUT2D eigenvalue weighted by Crippen LogP contribution is 2.23. The summed E-state index contributed by atoms with van der Waals surface area (Å²) in [6.07, 6.45) is 41.0. The van der Waals surface area contributed by atoms with Crippen LogP contribution >= 0.6 is 0 Å². The van der Waals surface area contributed by atoms with Crippen LogP contribution in [0.25, 0.3) is 0 Å². The van der Waals surface area contributed by atoms with Gasteiger partial charge in [0, 0.05) is 13.0 Å². The van der Waals surface area contributed by atoms with Gasteiger partial charge in [0.25, 0.3) is 0 Å². The molecule has 1 rings (SSSR count). The highest BCUT2D eigenvalue weighted by Gasteiger charge is 2.44. The van der Waals surface area contributed by atoms with Crippen LogP contribution in [0.15, 0.2) is 12.2 Å². The van der Waals surface area contributed by atoms with Crippen molar-refractivity contribution in [3.8, 4) is 0 Å². The molecule has 1 heterocycles. The zero-order valence-electron chi connectivity index (χ0n) is 38.5. The minimum Gasteiger partial charge on any atom is -0.457 e. The van der Waals surface area contributed by atoms with Crippen LogP contribution in [0.2, 0.25) is 0 Å². The van der Waals surface area contributed by atoms with Gasteiger partial charge >= 0.3 is 5.97 Å². The smallest absolute Gasteiger partial charge is 0.306 e. The number of allylic oxidation sites excluding steroid dienone is 2. The van der Waals surface area contributed by atoms with E-state index in [2.05, 4.69) is 26.0 Å². The minimum atomic E-state index is -1.53. The van der Waals surface area contributed by atoms with Crippen LogP contribution < -0.4 is 0 Å². The lowest BCUT2D eigenvalue weighted by Crippen LogP contribution is -2.59. The molecule has 0 bridgehead atoms. The monoisotopic (exact) mass is 841 g/mol. The Morgan fingerprint density at radius 1 is 0.525 bits per heavy atom. The fourth-order valence-electron chi connectivity index (χ4n) is 7.96. The molecule has 59 heavy (non-hydrogen) atoms. The number of ether oxygens (including phenoxy) is 4. The van der Waals surface area contributed by atoms with Crippen LogP contribution in [0.1, 0.15) is 239 Å². The predicted molar refractivity (Wildman–Crippen MR) is 243 cm³/mol. The molecule has 0 spiro atoms. The van der Waals surface area contributed by atoms with E-state index in [0.717, 1.165) is 32.1 Å².